The summed E-state index contributed by atoms with van der Waals surface area (Å²) in [5.74, 6) is 1.26. The second kappa shape index (κ2) is 5.93. The molecule has 0 unspecified atom stereocenters. The van der Waals surface area contributed by atoms with Gasteiger partial charge in [0.1, 0.15) is 0 Å². The zero-order valence-corrected chi connectivity index (χ0v) is 12.6. The zero-order valence-electron chi connectivity index (χ0n) is 12.6. The Morgan fingerprint density at radius 3 is 2.73 bits per heavy atom. The molecule has 1 aliphatic heterocycles. The van der Waals surface area contributed by atoms with E-state index in [2.05, 4.69) is 5.32 Å². The van der Waals surface area contributed by atoms with Gasteiger partial charge in [-0.2, -0.15) is 0 Å². The molecular weight excluding hydrogens is 278 g/mol. The molecule has 1 N–H and O–H groups in total. The van der Waals surface area contributed by atoms with Crippen molar-refractivity contribution in [3.63, 3.8) is 0 Å². The summed E-state index contributed by atoms with van der Waals surface area (Å²) < 4.78 is 10.8. The number of methoxy groups -OCH3 is 1. The molecule has 0 saturated heterocycles. The van der Waals surface area contributed by atoms with Crippen molar-refractivity contribution in [2.45, 2.75) is 6.92 Å². The number of hydrogen-bond donors (Lipinski definition) is 1. The Hall–Kier alpha value is -2.75. The van der Waals surface area contributed by atoms with Crippen LogP contribution in [0.2, 0.25) is 0 Å². The van der Waals surface area contributed by atoms with Gasteiger partial charge in [-0.05, 0) is 36.8 Å². The van der Waals surface area contributed by atoms with Gasteiger partial charge in [-0.1, -0.05) is 24.3 Å². The van der Waals surface area contributed by atoms with Crippen molar-refractivity contribution < 1.29 is 14.3 Å². The lowest BCUT2D eigenvalue weighted by Gasteiger charge is -2.09. The molecule has 0 spiro atoms. The summed E-state index contributed by atoms with van der Waals surface area (Å²) >= 11 is 0. The molecule has 0 saturated carbocycles. The van der Waals surface area contributed by atoms with Crippen molar-refractivity contribution in [2.24, 2.45) is 0 Å². The van der Waals surface area contributed by atoms with Crippen LogP contribution in [-0.2, 0) is 4.79 Å². The first-order valence-corrected chi connectivity index (χ1v) is 7.16. The third kappa shape index (κ3) is 2.55. The van der Waals surface area contributed by atoms with Gasteiger partial charge < -0.3 is 14.8 Å². The van der Waals surface area contributed by atoms with E-state index >= 15 is 0 Å². The fourth-order valence-electron chi connectivity index (χ4n) is 2.50. The van der Waals surface area contributed by atoms with E-state index in [1.165, 1.54) is 0 Å². The molecule has 2 aromatic carbocycles. The minimum Gasteiger partial charge on any atom is -0.493 e. The van der Waals surface area contributed by atoms with Crippen molar-refractivity contribution in [1.82, 2.24) is 0 Å². The summed E-state index contributed by atoms with van der Waals surface area (Å²) in [6.07, 6.45) is 1.86. The standard InChI is InChI=1S/C18H17NO3/c1-3-22-16-9-8-12(11-17(16)21-2)10-14-13-6-4-5-7-15(13)19-18(14)20/h4-11H,3H2,1-2H3,(H,19,20). The summed E-state index contributed by atoms with van der Waals surface area (Å²) in [4.78, 5) is 12.1. The van der Waals surface area contributed by atoms with Gasteiger partial charge in [0.25, 0.3) is 5.91 Å². The fourth-order valence-corrected chi connectivity index (χ4v) is 2.50. The van der Waals surface area contributed by atoms with Gasteiger partial charge in [0.15, 0.2) is 11.5 Å². The van der Waals surface area contributed by atoms with E-state index in [9.17, 15) is 4.79 Å². The van der Waals surface area contributed by atoms with E-state index in [0.717, 1.165) is 16.8 Å². The van der Waals surface area contributed by atoms with E-state index in [4.69, 9.17) is 9.47 Å². The number of fused-ring (bicyclic) bond motifs is 1. The van der Waals surface area contributed by atoms with Gasteiger partial charge in [0.05, 0.1) is 13.7 Å². The van der Waals surface area contributed by atoms with E-state index in [1.807, 2.05) is 55.5 Å². The maximum Gasteiger partial charge on any atom is 0.256 e. The molecule has 4 nitrogen and oxygen atoms in total. The Morgan fingerprint density at radius 1 is 1.14 bits per heavy atom. The van der Waals surface area contributed by atoms with Crippen LogP contribution in [0.1, 0.15) is 18.1 Å². The predicted molar refractivity (Wildman–Crippen MR) is 87.1 cm³/mol. The molecule has 0 atom stereocenters. The molecule has 22 heavy (non-hydrogen) atoms. The minimum absolute atomic E-state index is 0.0888. The van der Waals surface area contributed by atoms with E-state index < -0.39 is 0 Å². The number of hydrogen-bond acceptors (Lipinski definition) is 3. The Labute approximate surface area is 129 Å². The van der Waals surface area contributed by atoms with Crippen molar-refractivity contribution in [3.8, 4) is 11.5 Å². The van der Waals surface area contributed by atoms with E-state index in [0.29, 0.717) is 23.7 Å². The number of amides is 1. The van der Waals surface area contributed by atoms with Crippen molar-refractivity contribution in [3.05, 3.63) is 53.6 Å². The summed E-state index contributed by atoms with van der Waals surface area (Å²) in [5, 5.41) is 2.86. The molecule has 1 aliphatic rings. The molecule has 0 aromatic heterocycles. The van der Waals surface area contributed by atoms with Crippen LogP contribution < -0.4 is 14.8 Å². The molecule has 2 aromatic rings. The molecular formula is C18H17NO3. The molecule has 0 fully saturated rings. The smallest absolute Gasteiger partial charge is 0.256 e. The normalized spacial score (nSPS) is 14.6. The number of para-hydroxylation sites is 1. The maximum atomic E-state index is 12.1. The highest BCUT2D eigenvalue weighted by Crippen LogP contribution is 2.34. The van der Waals surface area contributed by atoms with E-state index in [-0.39, 0.29) is 5.91 Å². The van der Waals surface area contributed by atoms with Gasteiger partial charge >= 0.3 is 0 Å². The fraction of sp³-hybridized carbons (Fsp3) is 0.167. The molecule has 4 heteroatoms. The summed E-state index contributed by atoms with van der Waals surface area (Å²) in [6, 6.07) is 13.3. The maximum absolute atomic E-state index is 12.1. The topological polar surface area (TPSA) is 47.6 Å². The summed E-state index contributed by atoms with van der Waals surface area (Å²) in [6.45, 7) is 2.50. The van der Waals surface area contributed by atoms with Crippen LogP contribution in [0, 0.1) is 0 Å². The average molecular weight is 295 g/mol. The number of carbonyl (C=O) groups excluding carboxylic acids is 1. The number of carbonyl (C=O) groups is 1. The monoisotopic (exact) mass is 295 g/mol. The second-order valence-corrected chi connectivity index (χ2v) is 4.90. The average Bonchev–Trinajstić information content (AvgIpc) is 2.85. The van der Waals surface area contributed by atoms with Crippen LogP contribution >= 0.6 is 0 Å². The quantitative estimate of drug-likeness (QED) is 0.877. The first-order chi connectivity index (χ1) is 10.7. The van der Waals surface area contributed by atoms with Crippen molar-refractivity contribution in [1.29, 1.82) is 0 Å². The highest BCUT2D eigenvalue weighted by molar-refractivity contribution is 6.34. The van der Waals surface area contributed by atoms with Crippen LogP contribution in [0.25, 0.3) is 11.6 Å². The largest absolute Gasteiger partial charge is 0.493 e. The number of rotatable bonds is 4. The third-order valence-corrected chi connectivity index (χ3v) is 3.51. The van der Waals surface area contributed by atoms with Gasteiger partial charge in [-0.25, -0.2) is 0 Å². The van der Waals surface area contributed by atoms with Gasteiger partial charge in [0.2, 0.25) is 0 Å². The van der Waals surface area contributed by atoms with Crippen LogP contribution in [-0.4, -0.2) is 19.6 Å². The Balaban J connectivity index is 2.00. The molecule has 0 radical (unpaired) electrons. The van der Waals surface area contributed by atoms with Gasteiger partial charge in [0, 0.05) is 16.8 Å². The number of benzene rings is 2. The first kappa shape index (κ1) is 14.2. The number of nitrogens with one attached hydrogen (secondary N) is 1. The third-order valence-electron chi connectivity index (χ3n) is 3.51. The summed E-state index contributed by atoms with van der Waals surface area (Å²) in [5.41, 5.74) is 3.31. The SMILES string of the molecule is CCOc1ccc(C=C2C(=O)Nc3ccccc32)cc1OC. The van der Waals surface area contributed by atoms with Gasteiger partial charge in [-0.3, -0.25) is 4.79 Å². The first-order valence-electron chi connectivity index (χ1n) is 7.16. The molecule has 0 bridgehead atoms. The molecule has 1 amide bonds. The van der Waals surface area contributed by atoms with Crippen LogP contribution in [0.15, 0.2) is 42.5 Å². The van der Waals surface area contributed by atoms with E-state index in [1.54, 1.807) is 7.11 Å². The molecule has 1 heterocycles. The minimum atomic E-state index is -0.0888. The lowest BCUT2D eigenvalue weighted by molar-refractivity contribution is -0.110. The highest BCUT2D eigenvalue weighted by atomic mass is 16.5. The predicted octanol–water partition coefficient (Wildman–Crippen LogP) is 3.59. The lowest BCUT2D eigenvalue weighted by Crippen LogP contribution is -2.03. The van der Waals surface area contributed by atoms with Crippen LogP contribution in [0.5, 0.6) is 11.5 Å². The van der Waals surface area contributed by atoms with Gasteiger partial charge in [-0.15, -0.1) is 0 Å². The Kier molecular flexibility index (Phi) is 3.83. The Bertz CT molecular complexity index is 750. The number of anilines is 1. The lowest BCUT2D eigenvalue weighted by atomic mass is 10.0. The summed E-state index contributed by atoms with van der Waals surface area (Å²) in [7, 11) is 1.60. The molecule has 3 rings (SSSR count). The zero-order chi connectivity index (χ0) is 15.5. The molecule has 0 aliphatic carbocycles. The van der Waals surface area contributed by atoms with Crippen molar-refractivity contribution in [2.75, 3.05) is 19.0 Å². The second-order valence-electron chi connectivity index (χ2n) is 4.90. The van der Waals surface area contributed by atoms with Crippen molar-refractivity contribution >= 4 is 23.2 Å². The number of ether oxygens (including phenoxy) is 2. The molecule has 112 valence electrons. The highest BCUT2D eigenvalue weighted by Gasteiger charge is 2.23. The Morgan fingerprint density at radius 2 is 1.95 bits per heavy atom. The van der Waals surface area contributed by atoms with Crippen LogP contribution in [0.4, 0.5) is 5.69 Å². The van der Waals surface area contributed by atoms with Crippen LogP contribution in [0.3, 0.4) is 0 Å².